The van der Waals surface area contributed by atoms with Gasteiger partial charge in [-0.05, 0) is 27.8 Å². The van der Waals surface area contributed by atoms with Crippen LogP contribution < -0.4 is 0 Å². The highest BCUT2D eigenvalue weighted by atomic mass is 16.7. The molecule has 2 fully saturated rings. The van der Waals surface area contributed by atoms with Crippen LogP contribution in [0.5, 0.6) is 0 Å². The van der Waals surface area contributed by atoms with Gasteiger partial charge in [0.2, 0.25) is 0 Å². The molecule has 0 radical (unpaired) electrons. The standard InChI is InChI=1S/C49H54O12/c1-34(50)59-47-44(55-29-37-21-11-4-12-22-37)42(51)40(32-53-27-35-17-7-2-8-18-35)61-49(47)58-33-41-43(54-28-36-19-9-3-10-20-36)45(56-30-38-23-13-5-14-24-38)46(48(52)60-41)57-31-39-25-15-6-16-26-39/h2-26,40-49,51-52H,27-33H2,1H3. The molecule has 12 heteroatoms. The summed E-state index contributed by atoms with van der Waals surface area (Å²) < 4.78 is 57.0. The Bertz CT molecular complexity index is 1990. The van der Waals surface area contributed by atoms with Crippen LogP contribution in [0.4, 0.5) is 0 Å². The lowest BCUT2D eigenvalue weighted by atomic mass is 9.97. The molecule has 10 atom stereocenters. The second-order valence-electron chi connectivity index (χ2n) is 15.1. The zero-order chi connectivity index (χ0) is 42.2. The quantitative estimate of drug-likeness (QED) is 0.0852. The van der Waals surface area contributed by atoms with E-state index < -0.39 is 67.4 Å². The number of esters is 1. The third-order valence-corrected chi connectivity index (χ3v) is 10.5. The molecule has 7 rings (SSSR count). The number of rotatable bonds is 20. The maximum atomic E-state index is 12.6. The minimum Gasteiger partial charge on any atom is -0.454 e. The van der Waals surface area contributed by atoms with Crippen molar-refractivity contribution in [2.75, 3.05) is 13.2 Å². The van der Waals surface area contributed by atoms with E-state index in [2.05, 4.69) is 0 Å². The Labute approximate surface area is 356 Å². The van der Waals surface area contributed by atoms with Crippen LogP contribution in [0.25, 0.3) is 0 Å². The molecule has 12 nitrogen and oxygen atoms in total. The molecule has 0 saturated carbocycles. The van der Waals surface area contributed by atoms with Crippen LogP contribution in [-0.2, 0) is 80.5 Å². The van der Waals surface area contributed by atoms with Gasteiger partial charge in [0.1, 0.15) is 42.7 Å². The molecule has 0 aromatic heterocycles. The molecular weight excluding hydrogens is 781 g/mol. The largest absolute Gasteiger partial charge is 0.454 e. The van der Waals surface area contributed by atoms with Gasteiger partial charge in [0.15, 0.2) is 18.7 Å². The van der Waals surface area contributed by atoms with Crippen molar-refractivity contribution >= 4 is 5.97 Å². The molecule has 0 spiro atoms. The lowest BCUT2D eigenvalue weighted by molar-refractivity contribution is -0.342. The van der Waals surface area contributed by atoms with E-state index in [-0.39, 0.29) is 46.2 Å². The highest BCUT2D eigenvalue weighted by molar-refractivity contribution is 5.66. The third kappa shape index (κ3) is 12.9. The topological polar surface area (TPSA) is 141 Å². The van der Waals surface area contributed by atoms with Crippen LogP contribution in [0.15, 0.2) is 152 Å². The van der Waals surface area contributed by atoms with E-state index in [1.807, 2.05) is 152 Å². The predicted molar refractivity (Wildman–Crippen MR) is 223 cm³/mol. The fourth-order valence-corrected chi connectivity index (χ4v) is 7.39. The van der Waals surface area contributed by atoms with E-state index >= 15 is 0 Å². The summed E-state index contributed by atoms with van der Waals surface area (Å²) in [7, 11) is 0. The van der Waals surface area contributed by atoms with E-state index in [1.54, 1.807) is 0 Å². The third-order valence-electron chi connectivity index (χ3n) is 10.5. The van der Waals surface area contributed by atoms with Gasteiger partial charge in [-0.3, -0.25) is 4.79 Å². The van der Waals surface area contributed by atoms with E-state index in [0.717, 1.165) is 27.8 Å². The van der Waals surface area contributed by atoms with Crippen molar-refractivity contribution in [3.05, 3.63) is 179 Å². The maximum absolute atomic E-state index is 12.6. The van der Waals surface area contributed by atoms with Crippen LogP contribution in [0, 0.1) is 0 Å². The highest BCUT2D eigenvalue weighted by Crippen LogP contribution is 2.33. The first-order chi connectivity index (χ1) is 29.9. The van der Waals surface area contributed by atoms with Gasteiger partial charge in [-0.1, -0.05) is 152 Å². The predicted octanol–water partition coefficient (Wildman–Crippen LogP) is 6.30. The first-order valence-electron chi connectivity index (χ1n) is 20.6. The molecule has 0 amide bonds. The fourth-order valence-electron chi connectivity index (χ4n) is 7.39. The summed E-state index contributed by atoms with van der Waals surface area (Å²) in [5.74, 6) is -0.623. The van der Waals surface area contributed by atoms with Crippen molar-refractivity contribution in [3.8, 4) is 0 Å². The number of carbonyl (C=O) groups excluding carboxylic acids is 1. The highest BCUT2D eigenvalue weighted by Gasteiger charge is 2.51. The number of benzene rings is 5. The lowest BCUT2D eigenvalue weighted by Crippen LogP contribution is -2.63. The fraction of sp³-hybridized carbons (Fsp3) is 0.367. The summed E-state index contributed by atoms with van der Waals surface area (Å²) >= 11 is 0. The van der Waals surface area contributed by atoms with E-state index in [9.17, 15) is 15.0 Å². The molecule has 10 unspecified atom stereocenters. The van der Waals surface area contributed by atoms with Crippen molar-refractivity contribution < 1.29 is 57.6 Å². The van der Waals surface area contributed by atoms with Gasteiger partial charge < -0.3 is 52.8 Å². The molecule has 0 aliphatic carbocycles. The van der Waals surface area contributed by atoms with Crippen molar-refractivity contribution in [2.45, 2.75) is 101 Å². The zero-order valence-electron chi connectivity index (χ0n) is 34.1. The normalized spacial score (nSPS) is 26.4. The molecule has 2 aliphatic rings. The molecule has 2 N–H and O–H groups in total. The molecular formula is C49H54O12. The van der Waals surface area contributed by atoms with E-state index in [0.29, 0.717) is 0 Å². The summed E-state index contributed by atoms with van der Waals surface area (Å²) in [5, 5.41) is 23.4. The van der Waals surface area contributed by atoms with Crippen LogP contribution in [-0.4, -0.2) is 90.8 Å². The Morgan fingerprint density at radius 3 is 1.33 bits per heavy atom. The Kier molecular flexibility index (Phi) is 16.6. The van der Waals surface area contributed by atoms with Gasteiger partial charge in [-0.25, -0.2) is 0 Å². The van der Waals surface area contributed by atoms with Gasteiger partial charge in [0.05, 0.1) is 46.2 Å². The van der Waals surface area contributed by atoms with Gasteiger partial charge in [-0.15, -0.1) is 0 Å². The van der Waals surface area contributed by atoms with Crippen LogP contribution in [0.1, 0.15) is 34.7 Å². The van der Waals surface area contributed by atoms with E-state index in [1.165, 1.54) is 6.92 Å². The molecule has 5 aromatic rings. The number of aliphatic hydroxyl groups is 2. The second kappa shape index (κ2) is 22.9. The average Bonchev–Trinajstić information content (AvgIpc) is 3.29. The molecule has 0 bridgehead atoms. The molecule has 322 valence electrons. The SMILES string of the molecule is CC(=O)OC1C(OCC2OC(O)C(OCc3ccccc3)C(OCc3ccccc3)C2OCc2ccccc2)OC(COCc2ccccc2)C(O)C1OCc1ccccc1. The first-order valence-corrected chi connectivity index (χ1v) is 20.6. The Balaban J connectivity index is 1.15. The molecule has 5 aromatic carbocycles. The zero-order valence-corrected chi connectivity index (χ0v) is 34.1. The maximum Gasteiger partial charge on any atom is 0.303 e. The second-order valence-corrected chi connectivity index (χ2v) is 15.1. The molecule has 61 heavy (non-hydrogen) atoms. The van der Waals surface area contributed by atoms with Crippen molar-refractivity contribution in [1.29, 1.82) is 0 Å². The summed E-state index contributed by atoms with van der Waals surface area (Å²) in [6.45, 7) is 1.99. The smallest absolute Gasteiger partial charge is 0.303 e. The number of ether oxygens (including phenoxy) is 9. The summed E-state index contributed by atoms with van der Waals surface area (Å²) in [6, 6.07) is 48.1. The number of aliphatic hydroxyl groups excluding tert-OH is 2. The van der Waals surface area contributed by atoms with Crippen LogP contribution in [0.3, 0.4) is 0 Å². The summed E-state index contributed by atoms with van der Waals surface area (Å²) in [6.07, 6.45) is -10.8. The Morgan fingerprint density at radius 1 is 0.459 bits per heavy atom. The minimum atomic E-state index is -1.45. The molecule has 2 saturated heterocycles. The monoisotopic (exact) mass is 834 g/mol. The van der Waals surface area contributed by atoms with Gasteiger partial charge in [-0.2, -0.15) is 0 Å². The number of hydrogen-bond acceptors (Lipinski definition) is 12. The van der Waals surface area contributed by atoms with Crippen molar-refractivity contribution in [3.63, 3.8) is 0 Å². The Hall–Kier alpha value is -4.83. The van der Waals surface area contributed by atoms with Crippen LogP contribution in [0.2, 0.25) is 0 Å². The molecule has 2 heterocycles. The van der Waals surface area contributed by atoms with Crippen LogP contribution >= 0.6 is 0 Å². The van der Waals surface area contributed by atoms with Crippen molar-refractivity contribution in [2.24, 2.45) is 0 Å². The van der Waals surface area contributed by atoms with Gasteiger partial charge in [0, 0.05) is 6.92 Å². The average molecular weight is 835 g/mol. The lowest BCUT2D eigenvalue weighted by Gasteiger charge is -2.46. The van der Waals surface area contributed by atoms with E-state index in [4.69, 9.17) is 42.6 Å². The summed E-state index contributed by atoms with van der Waals surface area (Å²) in [5.41, 5.74) is 4.53. The minimum absolute atomic E-state index is 0.0226. The van der Waals surface area contributed by atoms with Gasteiger partial charge in [0.25, 0.3) is 0 Å². The number of hydrogen-bond donors (Lipinski definition) is 2. The Morgan fingerprint density at radius 2 is 0.869 bits per heavy atom. The first kappa shape index (κ1) is 44.2. The van der Waals surface area contributed by atoms with Gasteiger partial charge >= 0.3 is 5.97 Å². The van der Waals surface area contributed by atoms with Crippen molar-refractivity contribution in [1.82, 2.24) is 0 Å². The molecule has 2 aliphatic heterocycles. The summed E-state index contributed by atoms with van der Waals surface area (Å²) in [4.78, 5) is 12.6. The number of carbonyl (C=O) groups is 1.